The lowest BCUT2D eigenvalue weighted by atomic mass is 9.99. The number of hydrogen-bond acceptors (Lipinski definition) is 4. The number of ketones is 1. The number of ether oxygens (including phenoxy) is 2. The van der Waals surface area contributed by atoms with E-state index in [1.54, 1.807) is 6.92 Å². The van der Waals surface area contributed by atoms with Gasteiger partial charge >= 0.3 is 5.97 Å². The smallest absolute Gasteiger partial charge is 0.318 e. The zero-order valence-electron chi connectivity index (χ0n) is 10.1. The predicted octanol–water partition coefficient (Wildman–Crippen LogP) is 1.43. The summed E-state index contributed by atoms with van der Waals surface area (Å²) in [7, 11) is 1.27. The summed E-state index contributed by atoms with van der Waals surface area (Å²) < 4.78 is 9.99. The average molecular weight is 216 g/mol. The van der Waals surface area contributed by atoms with Crippen molar-refractivity contribution in [3.05, 3.63) is 0 Å². The number of Topliss-reactive ketones (excluding diaryl/α,β-unsaturated/α-hetero) is 1. The summed E-state index contributed by atoms with van der Waals surface area (Å²) >= 11 is 0. The van der Waals surface area contributed by atoms with Crippen LogP contribution < -0.4 is 0 Å². The van der Waals surface area contributed by atoms with Gasteiger partial charge in [0.05, 0.1) is 13.2 Å². The number of carbonyl (C=O) groups is 2. The quantitative estimate of drug-likeness (QED) is 0.498. The van der Waals surface area contributed by atoms with Crippen molar-refractivity contribution in [1.29, 1.82) is 0 Å². The van der Waals surface area contributed by atoms with Gasteiger partial charge in [-0.3, -0.25) is 9.59 Å². The van der Waals surface area contributed by atoms with Crippen molar-refractivity contribution in [1.82, 2.24) is 0 Å². The molecule has 0 aliphatic carbocycles. The summed E-state index contributed by atoms with van der Waals surface area (Å²) in [6.45, 7) is 7.63. The molecule has 0 unspecified atom stereocenters. The Hall–Kier alpha value is -0.900. The van der Waals surface area contributed by atoms with E-state index in [9.17, 15) is 9.59 Å². The maximum atomic E-state index is 11.3. The van der Waals surface area contributed by atoms with Crippen LogP contribution in [0.2, 0.25) is 0 Å². The molecule has 0 fully saturated rings. The first kappa shape index (κ1) is 14.1. The number of hydrogen-bond donors (Lipinski definition) is 0. The number of rotatable bonds is 6. The first-order valence-corrected chi connectivity index (χ1v) is 5.10. The molecule has 0 aromatic rings. The van der Waals surface area contributed by atoms with Crippen molar-refractivity contribution in [2.24, 2.45) is 11.8 Å². The van der Waals surface area contributed by atoms with Gasteiger partial charge in [0.25, 0.3) is 0 Å². The van der Waals surface area contributed by atoms with Crippen LogP contribution in [-0.2, 0) is 19.1 Å². The molecule has 0 heterocycles. The number of carbonyl (C=O) groups excluding carboxylic acids is 2. The molecule has 0 aliphatic heterocycles. The van der Waals surface area contributed by atoms with E-state index in [1.165, 1.54) is 14.0 Å². The third kappa shape index (κ3) is 4.93. The highest BCUT2D eigenvalue weighted by atomic mass is 16.5. The first-order valence-electron chi connectivity index (χ1n) is 5.10. The van der Waals surface area contributed by atoms with Crippen LogP contribution in [0.5, 0.6) is 0 Å². The summed E-state index contributed by atoms with van der Waals surface area (Å²) in [5.74, 6) is -1.19. The lowest BCUT2D eigenvalue weighted by Crippen LogP contribution is -2.35. The largest absolute Gasteiger partial charge is 0.468 e. The Labute approximate surface area is 90.9 Å². The highest BCUT2D eigenvalue weighted by Crippen LogP contribution is 2.12. The van der Waals surface area contributed by atoms with E-state index < -0.39 is 18.0 Å². The van der Waals surface area contributed by atoms with Gasteiger partial charge in [-0.25, -0.2) is 0 Å². The monoisotopic (exact) mass is 216 g/mol. The maximum absolute atomic E-state index is 11.3. The molecule has 0 rings (SSSR count). The molecule has 0 saturated heterocycles. The molecule has 15 heavy (non-hydrogen) atoms. The topological polar surface area (TPSA) is 52.6 Å². The van der Waals surface area contributed by atoms with Crippen LogP contribution in [0.25, 0.3) is 0 Å². The van der Waals surface area contributed by atoms with Crippen molar-refractivity contribution in [3.8, 4) is 0 Å². The van der Waals surface area contributed by atoms with Gasteiger partial charge in [-0.15, -0.1) is 0 Å². The fourth-order valence-corrected chi connectivity index (χ4v) is 1.26. The minimum atomic E-state index is -0.811. The van der Waals surface area contributed by atoms with Gasteiger partial charge in [0.15, 0.2) is 0 Å². The Morgan fingerprint density at radius 1 is 1.20 bits per heavy atom. The van der Waals surface area contributed by atoms with Gasteiger partial charge in [-0.2, -0.15) is 0 Å². The molecule has 0 N–H and O–H groups in total. The van der Waals surface area contributed by atoms with Gasteiger partial charge < -0.3 is 9.47 Å². The van der Waals surface area contributed by atoms with Crippen LogP contribution in [-0.4, -0.2) is 31.6 Å². The molecule has 0 aromatic carbocycles. The standard InChI is InChI=1S/C11H20O4/c1-7(2)6-15-9(4)10(8(3)12)11(13)14-5/h7,9-10H,6H2,1-5H3/t9-,10+/m1/s1. The molecule has 2 atom stereocenters. The second-order valence-corrected chi connectivity index (χ2v) is 4.04. The molecule has 88 valence electrons. The summed E-state index contributed by atoms with van der Waals surface area (Å²) in [6, 6.07) is 0. The van der Waals surface area contributed by atoms with E-state index in [0.29, 0.717) is 12.5 Å². The normalized spacial score (nSPS) is 14.8. The SMILES string of the molecule is COC(=O)[C@@H](C(C)=O)[C@@H](C)OCC(C)C. The highest BCUT2D eigenvalue weighted by Gasteiger charge is 2.31. The second kappa shape index (κ2) is 6.56. The molecular weight excluding hydrogens is 196 g/mol. The van der Waals surface area contributed by atoms with Crippen molar-refractivity contribution >= 4 is 11.8 Å². The van der Waals surface area contributed by atoms with Gasteiger partial charge in [0, 0.05) is 6.61 Å². The zero-order chi connectivity index (χ0) is 12.0. The third-order valence-electron chi connectivity index (χ3n) is 2.05. The molecule has 0 aromatic heterocycles. The van der Waals surface area contributed by atoms with Crippen LogP contribution in [0.3, 0.4) is 0 Å². The average Bonchev–Trinajstić information content (AvgIpc) is 2.14. The fraction of sp³-hybridized carbons (Fsp3) is 0.818. The van der Waals surface area contributed by atoms with Gasteiger partial charge in [0.1, 0.15) is 11.7 Å². The van der Waals surface area contributed by atoms with E-state index in [-0.39, 0.29) is 5.78 Å². The fourth-order valence-electron chi connectivity index (χ4n) is 1.26. The molecule has 0 spiro atoms. The summed E-state index contributed by atoms with van der Waals surface area (Å²) in [6.07, 6.45) is -0.433. The lowest BCUT2D eigenvalue weighted by molar-refractivity contribution is -0.155. The van der Waals surface area contributed by atoms with Gasteiger partial charge in [-0.05, 0) is 19.8 Å². The molecule has 4 nitrogen and oxygen atoms in total. The van der Waals surface area contributed by atoms with E-state index in [2.05, 4.69) is 4.74 Å². The molecule has 0 aliphatic rings. The van der Waals surface area contributed by atoms with Crippen molar-refractivity contribution in [3.63, 3.8) is 0 Å². The lowest BCUT2D eigenvalue weighted by Gasteiger charge is -2.20. The van der Waals surface area contributed by atoms with Crippen LogP contribution in [0.15, 0.2) is 0 Å². The molecule has 0 saturated carbocycles. The Bertz CT molecular complexity index is 223. The summed E-state index contributed by atoms with van der Waals surface area (Å²) in [4.78, 5) is 22.6. The minimum Gasteiger partial charge on any atom is -0.468 e. The third-order valence-corrected chi connectivity index (χ3v) is 2.05. The second-order valence-electron chi connectivity index (χ2n) is 4.04. The summed E-state index contributed by atoms with van der Waals surface area (Å²) in [5.41, 5.74) is 0. The van der Waals surface area contributed by atoms with E-state index >= 15 is 0 Å². The molecule has 0 bridgehead atoms. The van der Waals surface area contributed by atoms with E-state index in [1.807, 2.05) is 13.8 Å². The van der Waals surface area contributed by atoms with Crippen LogP contribution >= 0.6 is 0 Å². The van der Waals surface area contributed by atoms with Crippen LogP contribution in [0, 0.1) is 11.8 Å². The van der Waals surface area contributed by atoms with Crippen LogP contribution in [0.4, 0.5) is 0 Å². The Morgan fingerprint density at radius 3 is 2.07 bits per heavy atom. The summed E-state index contributed by atoms with van der Waals surface area (Å²) in [5, 5.41) is 0. The van der Waals surface area contributed by atoms with Crippen molar-refractivity contribution < 1.29 is 19.1 Å². The van der Waals surface area contributed by atoms with Crippen molar-refractivity contribution in [2.45, 2.75) is 33.8 Å². The molecule has 4 heteroatoms. The Morgan fingerprint density at radius 2 is 1.73 bits per heavy atom. The first-order chi connectivity index (χ1) is 6.90. The highest BCUT2D eigenvalue weighted by molar-refractivity contribution is 5.98. The minimum absolute atomic E-state index is 0.224. The number of methoxy groups -OCH3 is 1. The Kier molecular flexibility index (Phi) is 6.17. The zero-order valence-corrected chi connectivity index (χ0v) is 10.1. The Balaban J connectivity index is 4.36. The number of esters is 1. The molecule has 0 radical (unpaired) electrons. The van der Waals surface area contributed by atoms with Gasteiger partial charge in [-0.1, -0.05) is 13.8 Å². The van der Waals surface area contributed by atoms with E-state index in [0.717, 1.165) is 0 Å². The van der Waals surface area contributed by atoms with E-state index in [4.69, 9.17) is 4.74 Å². The van der Waals surface area contributed by atoms with Gasteiger partial charge in [0.2, 0.25) is 0 Å². The maximum Gasteiger partial charge on any atom is 0.318 e. The molecular formula is C11H20O4. The van der Waals surface area contributed by atoms with Crippen molar-refractivity contribution in [2.75, 3.05) is 13.7 Å². The van der Waals surface area contributed by atoms with Crippen LogP contribution in [0.1, 0.15) is 27.7 Å². The molecule has 0 amide bonds. The predicted molar refractivity (Wildman–Crippen MR) is 56.4 cm³/mol.